The van der Waals surface area contributed by atoms with Crippen LogP contribution in [0.1, 0.15) is 13.3 Å². The zero-order valence-corrected chi connectivity index (χ0v) is 8.13. The molecule has 5 heteroatoms. The number of nitrogens with two attached hydrogens (primary N) is 1. The summed E-state index contributed by atoms with van der Waals surface area (Å²) in [5, 5.41) is 8.59. The summed E-state index contributed by atoms with van der Waals surface area (Å²) < 4.78 is 31.1. The highest BCUT2D eigenvalue weighted by Crippen LogP contribution is 2.24. The van der Waals surface area contributed by atoms with Gasteiger partial charge in [-0.3, -0.25) is 0 Å². The van der Waals surface area contributed by atoms with Gasteiger partial charge in [-0.2, -0.15) is 5.26 Å². The second-order valence-corrected chi connectivity index (χ2v) is 2.95. The van der Waals surface area contributed by atoms with Gasteiger partial charge in [0.05, 0.1) is 5.69 Å². The van der Waals surface area contributed by atoms with Crippen molar-refractivity contribution in [2.45, 2.75) is 19.4 Å². The molecule has 0 heterocycles. The molecular weight excluding hydrogens is 202 g/mol. The standard InChI is InChI=1S/C10H10F2N2O/c1-2-6(5-13)15-10-4-7(11)9(14)3-8(10)12/h3-4,6H,2,14H2,1H3. The van der Waals surface area contributed by atoms with Crippen LogP contribution in [0.3, 0.4) is 0 Å². The third-order valence-corrected chi connectivity index (χ3v) is 1.84. The van der Waals surface area contributed by atoms with E-state index in [1.165, 1.54) is 0 Å². The maximum Gasteiger partial charge on any atom is 0.184 e. The van der Waals surface area contributed by atoms with Gasteiger partial charge in [0.25, 0.3) is 0 Å². The van der Waals surface area contributed by atoms with Crippen molar-refractivity contribution in [3.05, 3.63) is 23.8 Å². The van der Waals surface area contributed by atoms with Crippen LogP contribution in [0.2, 0.25) is 0 Å². The van der Waals surface area contributed by atoms with Crippen LogP contribution in [0.25, 0.3) is 0 Å². The monoisotopic (exact) mass is 212 g/mol. The number of nitriles is 1. The predicted octanol–water partition coefficient (Wildman–Crippen LogP) is 2.23. The summed E-state index contributed by atoms with van der Waals surface area (Å²) in [5.41, 5.74) is 4.86. The number of halogens is 2. The molecule has 1 unspecified atom stereocenters. The number of hydrogen-bond acceptors (Lipinski definition) is 3. The van der Waals surface area contributed by atoms with Gasteiger partial charge in [-0.1, -0.05) is 6.92 Å². The Hall–Kier alpha value is -1.83. The van der Waals surface area contributed by atoms with E-state index < -0.39 is 17.7 Å². The first-order valence-corrected chi connectivity index (χ1v) is 4.39. The van der Waals surface area contributed by atoms with E-state index in [2.05, 4.69) is 0 Å². The van der Waals surface area contributed by atoms with E-state index in [1.54, 1.807) is 6.92 Å². The van der Waals surface area contributed by atoms with E-state index in [0.29, 0.717) is 6.42 Å². The van der Waals surface area contributed by atoms with Crippen LogP contribution in [0.4, 0.5) is 14.5 Å². The molecule has 80 valence electrons. The van der Waals surface area contributed by atoms with E-state index in [-0.39, 0.29) is 11.4 Å². The summed E-state index contributed by atoms with van der Waals surface area (Å²) in [6, 6.07) is 3.49. The lowest BCUT2D eigenvalue weighted by Crippen LogP contribution is -2.13. The topological polar surface area (TPSA) is 59.0 Å². The van der Waals surface area contributed by atoms with E-state index in [9.17, 15) is 8.78 Å². The van der Waals surface area contributed by atoms with Crippen molar-refractivity contribution in [1.82, 2.24) is 0 Å². The minimum atomic E-state index is -0.789. The molecule has 1 aromatic rings. The van der Waals surface area contributed by atoms with Crippen molar-refractivity contribution >= 4 is 5.69 Å². The van der Waals surface area contributed by atoms with E-state index in [4.69, 9.17) is 15.7 Å². The number of anilines is 1. The molecule has 15 heavy (non-hydrogen) atoms. The van der Waals surface area contributed by atoms with Crippen molar-refractivity contribution in [1.29, 1.82) is 5.26 Å². The van der Waals surface area contributed by atoms with Gasteiger partial charge in [0.1, 0.15) is 11.9 Å². The molecule has 1 aromatic carbocycles. The zero-order valence-electron chi connectivity index (χ0n) is 8.13. The van der Waals surface area contributed by atoms with Gasteiger partial charge in [-0.25, -0.2) is 8.78 Å². The normalized spacial score (nSPS) is 11.9. The highest BCUT2D eigenvalue weighted by Gasteiger charge is 2.13. The van der Waals surface area contributed by atoms with Gasteiger partial charge in [0.15, 0.2) is 17.7 Å². The van der Waals surface area contributed by atoms with E-state index >= 15 is 0 Å². The lowest BCUT2D eigenvalue weighted by Gasteiger charge is -2.11. The number of ether oxygens (including phenoxy) is 1. The Morgan fingerprint density at radius 1 is 1.47 bits per heavy atom. The molecule has 0 saturated heterocycles. The van der Waals surface area contributed by atoms with Gasteiger partial charge in [0.2, 0.25) is 0 Å². The van der Waals surface area contributed by atoms with Gasteiger partial charge in [-0.15, -0.1) is 0 Å². The van der Waals surface area contributed by atoms with Crippen LogP contribution in [-0.4, -0.2) is 6.10 Å². The summed E-state index contributed by atoms with van der Waals surface area (Å²) in [5.74, 6) is -1.84. The first-order valence-electron chi connectivity index (χ1n) is 4.39. The second kappa shape index (κ2) is 4.60. The smallest absolute Gasteiger partial charge is 0.184 e. The molecule has 3 nitrogen and oxygen atoms in total. The molecular formula is C10H10F2N2O. The summed E-state index contributed by atoms with van der Waals surface area (Å²) in [6.45, 7) is 1.71. The Morgan fingerprint density at radius 3 is 2.67 bits per heavy atom. The lowest BCUT2D eigenvalue weighted by atomic mass is 10.2. The van der Waals surface area contributed by atoms with E-state index in [0.717, 1.165) is 12.1 Å². The van der Waals surface area contributed by atoms with Crippen LogP contribution in [0, 0.1) is 23.0 Å². The van der Waals surface area contributed by atoms with Gasteiger partial charge in [0, 0.05) is 12.1 Å². The number of nitrogens with zero attached hydrogens (tertiary/aromatic N) is 1. The van der Waals surface area contributed by atoms with Crippen LogP contribution in [0.5, 0.6) is 5.75 Å². The molecule has 2 N–H and O–H groups in total. The maximum absolute atomic E-state index is 13.2. The number of benzene rings is 1. The zero-order chi connectivity index (χ0) is 11.4. The fraction of sp³-hybridized carbons (Fsp3) is 0.300. The van der Waals surface area contributed by atoms with Gasteiger partial charge >= 0.3 is 0 Å². The molecule has 0 aliphatic heterocycles. The second-order valence-electron chi connectivity index (χ2n) is 2.95. The minimum absolute atomic E-state index is 0.287. The molecule has 0 aliphatic rings. The van der Waals surface area contributed by atoms with Crippen molar-refractivity contribution in [2.24, 2.45) is 0 Å². The molecule has 0 radical (unpaired) electrons. The third-order valence-electron chi connectivity index (χ3n) is 1.84. The lowest BCUT2D eigenvalue weighted by molar-refractivity contribution is 0.239. The SMILES string of the molecule is CCC(C#N)Oc1cc(F)c(N)cc1F. The van der Waals surface area contributed by atoms with Crippen molar-refractivity contribution < 1.29 is 13.5 Å². The molecule has 0 saturated carbocycles. The average molecular weight is 212 g/mol. The Kier molecular flexibility index (Phi) is 3.45. The third kappa shape index (κ3) is 2.56. The first-order chi connectivity index (χ1) is 7.08. The molecule has 0 aromatic heterocycles. The summed E-state index contributed by atoms with van der Waals surface area (Å²) in [4.78, 5) is 0. The Bertz CT molecular complexity index is 401. The summed E-state index contributed by atoms with van der Waals surface area (Å²) >= 11 is 0. The van der Waals surface area contributed by atoms with E-state index in [1.807, 2.05) is 6.07 Å². The van der Waals surface area contributed by atoms with Gasteiger partial charge in [-0.05, 0) is 6.42 Å². The van der Waals surface area contributed by atoms with Crippen molar-refractivity contribution in [2.75, 3.05) is 5.73 Å². The molecule has 0 aliphatic carbocycles. The Morgan fingerprint density at radius 2 is 2.13 bits per heavy atom. The van der Waals surface area contributed by atoms with Crippen LogP contribution < -0.4 is 10.5 Å². The quantitative estimate of drug-likeness (QED) is 0.781. The number of rotatable bonds is 3. The van der Waals surface area contributed by atoms with Crippen LogP contribution >= 0.6 is 0 Å². The maximum atomic E-state index is 13.2. The fourth-order valence-corrected chi connectivity index (χ4v) is 0.989. The fourth-order valence-electron chi connectivity index (χ4n) is 0.989. The highest BCUT2D eigenvalue weighted by atomic mass is 19.1. The molecule has 0 amide bonds. The van der Waals surface area contributed by atoms with Crippen LogP contribution in [0.15, 0.2) is 12.1 Å². The number of hydrogen-bond donors (Lipinski definition) is 1. The highest BCUT2D eigenvalue weighted by molar-refractivity contribution is 5.44. The van der Waals surface area contributed by atoms with Crippen molar-refractivity contribution in [3.8, 4) is 11.8 Å². The largest absolute Gasteiger partial charge is 0.472 e. The number of nitrogen functional groups attached to an aromatic ring is 1. The molecule has 1 atom stereocenters. The molecule has 1 rings (SSSR count). The average Bonchev–Trinajstić information content (AvgIpc) is 2.21. The molecule has 0 bridgehead atoms. The van der Waals surface area contributed by atoms with Crippen LogP contribution in [-0.2, 0) is 0 Å². The first kappa shape index (κ1) is 11.2. The molecule has 0 spiro atoms. The molecule has 0 fully saturated rings. The Labute approximate surface area is 86.1 Å². The predicted molar refractivity (Wildman–Crippen MR) is 51.1 cm³/mol. The Balaban J connectivity index is 2.96. The van der Waals surface area contributed by atoms with Gasteiger partial charge < -0.3 is 10.5 Å². The minimum Gasteiger partial charge on any atom is -0.472 e. The summed E-state index contributed by atoms with van der Waals surface area (Å²) in [7, 11) is 0. The van der Waals surface area contributed by atoms with Crippen molar-refractivity contribution in [3.63, 3.8) is 0 Å². The summed E-state index contributed by atoms with van der Waals surface area (Å²) in [6.07, 6.45) is -0.399.